The van der Waals surface area contributed by atoms with Gasteiger partial charge in [-0.05, 0) is 67.2 Å². The van der Waals surface area contributed by atoms with Crippen LogP contribution >= 0.6 is 0 Å². The van der Waals surface area contributed by atoms with E-state index in [1.165, 1.54) is 5.56 Å². The van der Waals surface area contributed by atoms with Crippen LogP contribution in [0.25, 0.3) is 0 Å². The number of nitrogens with one attached hydrogen (secondary N) is 1. The van der Waals surface area contributed by atoms with E-state index in [0.29, 0.717) is 24.6 Å². The lowest BCUT2D eigenvalue weighted by atomic mass is 9.97. The first-order valence-corrected chi connectivity index (χ1v) is 8.92. The number of benzene rings is 2. The third-order valence-electron chi connectivity index (χ3n) is 4.85. The van der Waals surface area contributed by atoms with Crippen LogP contribution in [0.4, 0.5) is 5.69 Å². The Bertz CT molecular complexity index is 730. The molecule has 1 aliphatic rings. The number of hydrogen-bond acceptors (Lipinski definition) is 4. The molecule has 25 heavy (non-hydrogen) atoms. The second-order valence-electron chi connectivity index (χ2n) is 6.77. The number of hydrogen-bond donors (Lipinski definition) is 2. The van der Waals surface area contributed by atoms with Gasteiger partial charge in [-0.25, -0.2) is 0 Å². The van der Waals surface area contributed by atoms with Gasteiger partial charge in [0, 0.05) is 25.4 Å². The first-order valence-electron chi connectivity index (χ1n) is 8.92. The van der Waals surface area contributed by atoms with Crippen molar-refractivity contribution >= 4 is 5.69 Å². The van der Waals surface area contributed by atoms with Crippen LogP contribution in [0.1, 0.15) is 29.5 Å². The average Bonchev–Trinajstić information content (AvgIpc) is 2.67. The average molecular weight is 335 g/mol. The first-order chi connectivity index (χ1) is 12.3. The van der Waals surface area contributed by atoms with Crippen LogP contribution < -0.4 is 5.32 Å². The highest BCUT2D eigenvalue weighted by atomic mass is 16.3. The SMILES string of the molecule is N#Cc1cccc(CNc2cccc(CN3CCC(CO)CC3)c2)c1. The van der Waals surface area contributed by atoms with E-state index < -0.39 is 0 Å². The summed E-state index contributed by atoms with van der Waals surface area (Å²) in [5, 5.41) is 21.7. The van der Waals surface area contributed by atoms with Crippen molar-refractivity contribution in [1.29, 1.82) is 5.26 Å². The summed E-state index contributed by atoms with van der Waals surface area (Å²) in [6, 6.07) is 18.4. The largest absolute Gasteiger partial charge is 0.396 e. The molecule has 0 spiro atoms. The fourth-order valence-electron chi connectivity index (χ4n) is 3.32. The summed E-state index contributed by atoms with van der Waals surface area (Å²) in [5.74, 6) is 0.480. The number of likely N-dealkylation sites (tertiary alicyclic amines) is 1. The predicted octanol–water partition coefficient (Wildman–Crippen LogP) is 3.37. The maximum atomic E-state index is 9.24. The number of nitriles is 1. The summed E-state index contributed by atoms with van der Waals surface area (Å²) < 4.78 is 0. The molecule has 0 unspecified atom stereocenters. The molecule has 130 valence electrons. The van der Waals surface area contributed by atoms with Gasteiger partial charge in [-0.15, -0.1) is 0 Å². The summed E-state index contributed by atoms with van der Waals surface area (Å²) >= 11 is 0. The van der Waals surface area contributed by atoms with E-state index in [2.05, 4.69) is 40.6 Å². The lowest BCUT2D eigenvalue weighted by molar-refractivity contribution is 0.127. The zero-order chi connectivity index (χ0) is 17.5. The Morgan fingerprint density at radius 1 is 1.08 bits per heavy atom. The molecule has 2 aromatic rings. The maximum Gasteiger partial charge on any atom is 0.0991 e. The zero-order valence-corrected chi connectivity index (χ0v) is 14.5. The molecule has 0 amide bonds. The molecular formula is C21H25N3O. The molecule has 2 aromatic carbocycles. The molecule has 0 bridgehead atoms. The number of nitrogens with zero attached hydrogens (tertiary/aromatic N) is 2. The molecule has 1 fully saturated rings. The number of anilines is 1. The fraction of sp³-hybridized carbons (Fsp3) is 0.381. The second-order valence-corrected chi connectivity index (χ2v) is 6.77. The van der Waals surface area contributed by atoms with Crippen molar-refractivity contribution in [2.24, 2.45) is 5.92 Å². The highest BCUT2D eigenvalue weighted by molar-refractivity contribution is 5.46. The molecule has 0 atom stereocenters. The van der Waals surface area contributed by atoms with Gasteiger partial charge in [-0.2, -0.15) is 5.26 Å². The third kappa shape index (κ3) is 5.06. The van der Waals surface area contributed by atoms with Gasteiger partial charge >= 0.3 is 0 Å². The van der Waals surface area contributed by atoms with Crippen LogP contribution in [0.3, 0.4) is 0 Å². The topological polar surface area (TPSA) is 59.3 Å². The van der Waals surface area contributed by atoms with Gasteiger partial charge in [-0.1, -0.05) is 24.3 Å². The molecule has 2 N–H and O–H groups in total. The number of aliphatic hydroxyl groups excluding tert-OH is 1. The van der Waals surface area contributed by atoms with Crippen molar-refractivity contribution in [2.75, 3.05) is 25.0 Å². The van der Waals surface area contributed by atoms with E-state index in [1.807, 2.05) is 24.3 Å². The normalized spacial score (nSPS) is 15.7. The maximum absolute atomic E-state index is 9.24. The number of rotatable bonds is 6. The minimum absolute atomic E-state index is 0.320. The second kappa shape index (κ2) is 8.66. The standard InChI is InChI=1S/C21H25N3O/c22-13-18-3-1-4-19(11-18)14-23-21-6-2-5-20(12-21)15-24-9-7-17(16-25)8-10-24/h1-6,11-12,17,23,25H,7-10,14-16H2. The summed E-state index contributed by atoms with van der Waals surface area (Å²) in [6.45, 7) is 4.10. The number of aliphatic hydroxyl groups is 1. The summed E-state index contributed by atoms with van der Waals surface area (Å²) in [4.78, 5) is 2.46. The van der Waals surface area contributed by atoms with Gasteiger partial charge in [0.15, 0.2) is 0 Å². The van der Waals surface area contributed by atoms with Gasteiger partial charge in [0.2, 0.25) is 0 Å². The quantitative estimate of drug-likeness (QED) is 0.850. The Hall–Kier alpha value is -2.35. The van der Waals surface area contributed by atoms with Gasteiger partial charge in [0.05, 0.1) is 11.6 Å². The molecule has 0 saturated carbocycles. The summed E-state index contributed by atoms with van der Waals surface area (Å²) in [7, 11) is 0. The number of piperidine rings is 1. The molecule has 1 aliphatic heterocycles. The van der Waals surface area contributed by atoms with Gasteiger partial charge in [0.25, 0.3) is 0 Å². The monoisotopic (exact) mass is 335 g/mol. The Morgan fingerprint density at radius 3 is 2.60 bits per heavy atom. The summed E-state index contributed by atoms with van der Waals surface area (Å²) in [5.41, 5.74) is 4.21. The molecule has 4 nitrogen and oxygen atoms in total. The third-order valence-corrected chi connectivity index (χ3v) is 4.85. The van der Waals surface area contributed by atoms with Crippen LogP contribution in [-0.4, -0.2) is 29.7 Å². The molecular weight excluding hydrogens is 310 g/mol. The van der Waals surface area contributed by atoms with Crippen LogP contribution in [0.5, 0.6) is 0 Å². The minimum Gasteiger partial charge on any atom is -0.396 e. The molecule has 0 aromatic heterocycles. The Kier molecular flexibility index (Phi) is 6.05. The Balaban J connectivity index is 1.55. The Morgan fingerprint density at radius 2 is 1.84 bits per heavy atom. The van der Waals surface area contributed by atoms with Gasteiger partial charge < -0.3 is 10.4 Å². The van der Waals surface area contributed by atoms with E-state index >= 15 is 0 Å². The smallest absolute Gasteiger partial charge is 0.0991 e. The van der Waals surface area contributed by atoms with Crippen molar-refractivity contribution in [3.05, 3.63) is 65.2 Å². The van der Waals surface area contributed by atoms with Crippen LogP contribution in [0, 0.1) is 17.2 Å². The highest BCUT2D eigenvalue weighted by Gasteiger charge is 2.18. The van der Waals surface area contributed by atoms with Crippen molar-refractivity contribution < 1.29 is 5.11 Å². The zero-order valence-electron chi connectivity index (χ0n) is 14.5. The van der Waals surface area contributed by atoms with E-state index in [9.17, 15) is 5.11 Å². The lowest BCUT2D eigenvalue weighted by Gasteiger charge is -2.31. The van der Waals surface area contributed by atoms with Gasteiger partial charge in [-0.3, -0.25) is 4.90 Å². The predicted molar refractivity (Wildman–Crippen MR) is 100 cm³/mol. The molecule has 1 heterocycles. The van der Waals surface area contributed by atoms with E-state index in [0.717, 1.165) is 43.7 Å². The van der Waals surface area contributed by atoms with Crippen LogP contribution in [0.2, 0.25) is 0 Å². The minimum atomic E-state index is 0.320. The molecule has 1 saturated heterocycles. The summed E-state index contributed by atoms with van der Waals surface area (Å²) in [6.07, 6.45) is 2.17. The molecule has 0 aliphatic carbocycles. The molecule has 0 radical (unpaired) electrons. The van der Waals surface area contributed by atoms with E-state index in [4.69, 9.17) is 5.26 Å². The van der Waals surface area contributed by atoms with Crippen molar-refractivity contribution in [3.8, 4) is 6.07 Å². The van der Waals surface area contributed by atoms with Crippen molar-refractivity contribution in [3.63, 3.8) is 0 Å². The fourth-order valence-corrected chi connectivity index (χ4v) is 3.32. The van der Waals surface area contributed by atoms with Crippen molar-refractivity contribution in [1.82, 2.24) is 4.90 Å². The van der Waals surface area contributed by atoms with Crippen LogP contribution in [0.15, 0.2) is 48.5 Å². The first kappa shape index (κ1) is 17.5. The van der Waals surface area contributed by atoms with E-state index in [1.54, 1.807) is 0 Å². The molecule has 4 heteroatoms. The van der Waals surface area contributed by atoms with Crippen molar-refractivity contribution in [2.45, 2.75) is 25.9 Å². The highest BCUT2D eigenvalue weighted by Crippen LogP contribution is 2.20. The Labute approximate surface area is 149 Å². The van der Waals surface area contributed by atoms with Gasteiger partial charge in [0.1, 0.15) is 0 Å². The molecule has 3 rings (SSSR count). The van der Waals surface area contributed by atoms with Crippen LogP contribution in [-0.2, 0) is 13.1 Å². The van der Waals surface area contributed by atoms with E-state index in [-0.39, 0.29) is 0 Å². The lowest BCUT2D eigenvalue weighted by Crippen LogP contribution is -2.34.